The van der Waals surface area contributed by atoms with Crippen molar-refractivity contribution in [3.8, 4) is 0 Å². The molecule has 1 fully saturated rings. The van der Waals surface area contributed by atoms with Crippen molar-refractivity contribution >= 4 is 17.6 Å². The number of carbonyl (C=O) groups is 1. The molecule has 0 bridgehead atoms. The Morgan fingerprint density at radius 1 is 1.27 bits per heavy atom. The summed E-state index contributed by atoms with van der Waals surface area (Å²) in [6.45, 7) is 3.32. The average molecular weight is 377 g/mol. The highest BCUT2D eigenvalue weighted by atomic mass is 35.5. The lowest BCUT2D eigenvalue weighted by Gasteiger charge is -2.33. The Balaban J connectivity index is 1.52. The van der Waals surface area contributed by atoms with Crippen molar-refractivity contribution in [1.82, 2.24) is 10.2 Å². The average Bonchev–Trinajstić information content (AvgIpc) is 2.63. The molecule has 0 amide bonds. The van der Waals surface area contributed by atoms with E-state index in [2.05, 4.69) is 10.2 Å². The quantitative estimate of drug-likeness (QED) is 0.802. The Bertz CT molecular complexity index is 767. The molecular formula is C20H22ClFN2O2. The maximum atomic E-state index is 13.2. The molecule has 2 N–H and O–H groups in total. The summed E-state index contributed by atoms with van der Waals surface area (Å²) in [5.74, 6) is -1.22. The number of carboxylic acids is 1. The summed E-state index contributed by atoms with van der Waals surface area (Å²) in [6.07, 6.45) is 2.19. The molecule has 2 aromatic carbocycles. The molecule has 1 aliphatic rings. The molecular weight excluding hydrogens is 355 g/mol. The van der Waals surface area contributed by atoms with Crippen LogP contribution in [0.25, 0.3) is 0 Å². The van der Waals surface area contributed by atoms with Crippen LogP contribution in [0.1, 0.15) is 34.3 Å². The summed E-state index contributed by atoms with van der Waals surface area (Å²) >= 11 is 6.14. The number of hydrogen-bond donors (Lipinski definition) is 2. The Kier molecular flexibility index (Phi) is 6.25. The molecule has 138 valence electrons. The van der Waals surface area contributed by atoms with E-state index in [9.17, 15) is 9.18 Å². The maximum Gasteiger partial charge on any atom is 0.335 e. The highest BCUT2D eigenvalue weighted by Crippen LogP contribution is 2.21. The Hall–Kier alpha value is -1.95. The molecule has 1 unspecified atom stereocenters. The van der Waals surface area contributed by atoms with Gasteiger partial charge in [-0.25, -0.2) is 9.18 Å². The van der Waals surface area contributed by atoms with Crippen molar-refractivity contribution in [1.29, 1.82) is 0 Å². The third-order valence-corrected chi connectivity index (χ3v) is 5.06. The summed E-state index contributed by atoms with van der Waals surface area (Å²) in [5.41, 5.74) is 2.31. The summed E-state index contributed by atoms with van der Waals surface area (Å²) < 4.78 is 13.2. The van der Waals surface area contributed by atoms with Crippen molar-refractivity contribution in [2.24, 2.45) is 0 Å². The molecule has 26 heavy (non-hydrogen) atoms. The molecule has 1 aliphatic heterocycles. The lowest BCUT2D eigenvalue weighted by Crippen LogP contribution is -2.45. The van der Waals surface area contributed by atoms with Crippen molar-refractivity contribution in [3.05, 3.63) is 70.0 Å². The van der Waals surface area contributed by atoms with Gasteiger partial charge in [0.25, 0.3) is 0 Å². The van der Waals surface area contributed by atoms with Crippen LogP contribution >= 0.6 is 11.6 Å². The fraction of sp³-hybridized carbons (Fsp3) is 0.350. The molecule has 0 radical (unpaired) electrons. The van der Waals surface area contributed by atoms with Crippen LogP contribution in [-0.4, -0.2) is 35.1 Å². The molecule has 1 heterocycles. The molecule has 0 saturated carbocycles. The zero-order valence-electron chi connectivity index (χ0n) is 14.4. The zero-order valence-corrected chi connectivity index (χ0v) is 15.2. The Morgan fingerprint density at radius 2 is 2.04 bits per heavy atom. The van der Waals surface area contributed by atoms with Gasteiger partial charge < -0.3 is 10.4 Å². The van der Waals surface area contributed by atoms with Gasteiger partial charge >= 0.3 is 5.97 Å². The standard InChI is InChI=1S/C20H22ClFN2O2/c21-19-10-17(22)8-7-16(19)12-24-9-1-2-18(13-24)23-11-14-3-5-15(6-4-14)20(25)26/h3-8,10,18,23H,1-2,9,11-13H2,(H,25,26). The van der Waals surface area contributed by atoms with Crippen LogP contribution < -0.4 is 5.32 Å². The number of nitrogens with one attached hydrogen (secondary N) is 1. The maximum absolute atomic E-state index is 13.2. The van der Waals surface area contributed by atoms with E-state index in [0.29, 0.717) is 29.7 Å². The minimum absolute atomic E-state index is 0.300. The highest BCUT2D eigenvalue weighted by Gasteiger charge is 2.20. The number of rotatable bonds is 6. The van der Waals surface area contributed by atoms with Crippen molar-refractivity contribution in [2.75, 3.05) is 13.1 Å². The van der Waals surface area contributed by atoms with E-state index in [1.807, 2.05) is 12.1 Å². The SMILES string of the molecule is O=C(O)c1ccc(CNC2CCCN(Cc3ccc(F)cc3Cl)C2)cc1. The second kappa shape index (κ2) is 8.62. The van der Waals surface area contributed by atoms with E-state index in [4.69, 9.17) is 16.7 Å². The minimum Gasteiger partial charge on any atom is -0.478 e. The first-order valence-corrected chi connectivity index (χ1v) is 9.11. The first kappa shape index (κ1) is 18.8. The molecule has 2 aromatic rings. The Morgan fingerprint density at radius 3 is 2.73 bits per heavy atom. The van der Waals surface area contributed by atoms with E-state index < -0.39 is 5.97 Å². The van der Waals surface area contributed by atoms with E-state index in [1.165, 1.54) is 12.1 Å². The second-order valence-corrected chi connectivity index (χ2v) is 7.10. The predicted molar refractivity (Wildman–Crippen MR) is 100.0 cm³/mol. The largest absolute Gasteiger partial charge is 0.478 e. The first-order chi connectivity index (χ1) is 12.5. The molecule has 1 atom stereocenters. The van der Waals surface area contributed by atoms with Gasteiger partial charge in [0.1, 0.15) is 5.82 Å². The molecule has 3 rings (SSSR count). The van der Waals surface area contributed by atoms with Crippen molar-refractivity contribution < 1.29 is 14.3 Å². The second-order valence-electron chi connectivity index (χ2n) is 6.69. The highest BCUT2D eigenvalue weighted by molar-refractivity contribution is 6.31. The first-order valence-electron chi connectivity index (χ1n) is 8.73. The van der Waals surface area contributed by atoms with Gasteiger partial charge in [-0.15, -0.1) is 0 Å². The van der Waals surface area contributed by atoms with E-state index in [-0.39, 0.29) is 5.82 Å². The lowest BCUT2D eigenvalue weighted by atomic mass is 10.0. The van der Waals surface area contributed by atoms with Crippen LogP contribution in [0.3, 0.4) is 0 Å². The molecule has 0 aromatic heterocycles. The normalized spacial score (nSPS) is 18.0. The van der Waals surface area contributed by atoms with Crippen molar-refractivity contribution in [2.45, 2.75) is 32.0 Å². The van der Waals surface area contributed by atoms with Gasteiger partial charge in [0.15, 0.2) is 0 Å². The van der Waals surface area contributed by atoms with Crippen LogP contribution in [-0.2, 0) is 13.1 Å². The van der Waals surface area contributed by atoms with Crippen LogP contribution in [0.15, 0.2) is 42.5 Å². The van der Waals surface area contributed by atoms with Gasteiger partial charge in [-0.3, -0.25) is 4.90 Å². The number of hydrogen-bond acceptors (Lipinski definition) is 3. The number of likely N-dealkylation sites (tertiary alicyclic amines) is 1. The third-order valence-electron chi connectivity index (χ3n) is 4.71. The number of benzene rings is 2. The van der Waals surface area contributed by atoms with Crippen molar-refractivity contribution in [3.63, 3.8) is 0 Å². The minimum atomic E-state index is -0.910. The van der Waals surface area contributed by atoms with E-state index in [1.54, 1.807) is 18.2 Å². The number of halogens is 2. The summed E-state index contributed by atoms with van der Waals surface area (Å²) in [4.78, 5) is 13.2. The predicted octanol–water partition coefficient (Wildman–Crippen LogP) is 3.93. The van der Waals surface area contributed by atoms with Crippen LogP contribution in [0.4, 0.5) is 4.39 Å². The third kappa shape index (κ3) is 5.04. The van der Waals surface area contributed by atoms with Gasteiger partial charge in [-0.1, -0.05) is 29.8 Å². The van der Waals surface area contributed by atoms with Gasteiger partial charge in [0.2, 0.25) is 0 Å². The molecule has 6 heteroatoms. The molecule has 0 spiro atoms. The van der Waals surface area contributed by atoms with Gasteiger partial charge in [0.05, 0.1) is 5.56 Å². The number of aromatic carboxylic acids is 1. The van der Waals surface area contributed by atoms with E-state index >= 15 is 0 Å². The Labute approximate surface area is 157 Å². The molecule has 4 nitrogen and oxygen atoms in total. The zero-order chi connectivity index (χ0) is 18.5. The number of carboxylic acid groups (broad SMARTS) is 1. The smallest absolute Gasteiger partial charge is 0.335 e. The lowest BCUT2D eigenvalue weighted by molar-refractivity contribution is 0.0697. The van der Waals surface area contributed by atoms with Crippen LogP contribution in [0, 0.1) is 5.82 Å². The molecule has 1 saturated heterocycles. The van der Waals surface area contributed by atoms with Gasteiger partial charge in [-0.05, 0) is 54.8 Å². The van der Waals surface area contributed by atoms with E-state index in [0.717, 1.165) is 37.1 Å². The summed E-state index contributed by atoms with van der Waals surface area (Å²) in [6, 6.07) is 11.9. The summed E-state index contributed by atoms with van der Waals surface area (Å²) in [7, 11) is 0. The summed E-state index contributed by atoms with van der Waals surface area (Å²) in [5, 5.41) is 13.0. The monoisotopic (exact) mass is 376 g/mol. The number of piperidine rings is 1. The fourth-order valence-electron chi connectivity index (χ4n) is 3.28. The topological polar surface area (TPSA) is 52.6 Å². The van der Waals surface area contributed by atoms with Gasteiger partial charge in [0, 0.05) is 30.7 Å². The van der Waals surface area contributed by atoms with Crippen LogP contribution in [0.5, 0.6) is 0 Å². The van der Waals surface area contributed by atoms with Gasteiger partial charge in [-0.2, -0.15) is 0 Å². The fourth-order valence-corrected chi connectivity index (χ4v) is 3.51. The van der Waals surface area contributed by atoms with Crippen LogP contribution in [0.2, 0.25) is 5.02 Å². The molecule has 0 aliphatic carbocycles. The number of nitrogens with zero attached hydrogens (tertiary/aromatic N) is 1.